The third-order valence-corrected chi connectivity index (χ3v) is 3.58. The van der Waals surface area contributed by atoms with Crippen LogP contribution in [0.25, 0.3) is 0 Å². The van der Waals surface area contributed by atoms with E-state index in [2.05, 4.69) is 4.72 Å². The monoisotopic (exact) mass is 273 g/mol. The first-order chi connectivity index (χ1) is 8.45. The predicted molar refractivity (Wildman–Crippen MR) is 69.3 cm³/mol. The molecule has 0 saturated carbocycles. The van der Waals surface area contributed by atoms with Crippen LogP contribution in [0.15, 0.2) is 29.2 Å². The normalized spacial score (nSPS) is 11.8. The molecule has 0 bridgehead atoms. The van der Waals surface area contributed by atoms with Crippen LogP contribution < -0.4 is 9.46 Å². The Hall–Kier alpha value is -1.11. The summed E-state index contributed by atoms with van der Waals surface area (Å²) in [4.78, 5) is 0.217. The van der Waals surface area contributed by atoms with Crippen LogP contribution in [0.1, 0.15) is 13.8 Å². The van der Waals surface area contributed by atoms with Gasteiger partial charge in [-0.2, -0.15) is 0 Å². The molecule has 18 heavy (non-hydrogen) atoms. The first kappa shape index (κ1) is 14.9. The molecule has 0 saturated heterocycles. The third kappa shape index (κ3) is 4.64. The van der Waals surface area contributed by atoms with Crippen LogP contribution in [0.5, 0.6) is 5.75 Å². The van der Waals surface area contributed by atoms with Crippen molar-refractivity contribution in [3.8, 4) is 5.75 Å². The average Bonchev–Trinajstić information content (AvgIpc) is 2.29. The molecular formula is C12H19NO4S. The topological polar surface area (TPSA) is 64.6 Å². The predicted octanol–water partition coefficient (Wildman–Crippen LogP) is 1.40. The Morgan fingerprint density at radius 2 is 1.83 bits per heavy atom. The summed E-state index contributed by atoms with van der Waals surface area (Å²) in [6.07, 6.45) is 0.0623. The third-order valence-electron chi connectivity index (χ3n) is 2.10. The highest BCUT2D eigenvalue weighted by atomic mass is 32.2. The highest BCUT2D eigenvalue weighted by Gasteiger charge is 2.13. The zero-order valence-electron chi connectivity index (χ0n) is 10.8. The number of nitrogens with one attached hydrogen (secondary N) is 1. The number of benzene rings is 1. The van der Waals surface area contributed by atoms with E-state index < -0.39 is 10.0 Å². The Balaban J connectivity index is 2.71. The first-order valence-electron chi connectivity index (χ1n) is 5.71. The summed E-state index contributed by atoms with van der Waals surface area (Å²) in [5.41, 5.74) is 0. The van der Waals surface area contributed by atoms with E-state index in [-0.39, 0.29) is 17.5 Å². The van der Waals surface area contributed by atoms with E-state index in [1.165, 1.54) is 19.2 Å². The number of sulfonamides is 1. The van der Waals surface area contributed by atoms with Gasteiger partial charge in [-0.3, -0.25) is 0 Å². The molecule has 102 valence electrons. The summed E-state index contributed by atoms with van der Waals surface area (Å²) in [6.45, 7) is 4.42. The number of hydrogen-bond donors (Lipinski definition) is 1. The molecule has 1 rings (SSSR count). The van der Waals surface area contributed by atoms with E-state index in [0.29, 0.717) is 12.4 Å². The summed E-state index contributed by atoms with van der Waals surface area (Å²) in [5, 5.41) is 0. The van der Waals surface area contributed by atoms with Gasteiger partial charge in [0.1, 0.15) is 5.75 Å². The maximum atomic E-state index is 11.8. The molecule has 0 aliphatic heterocycles. The van der Waals surface area contributed by atoms with E-state index in [9.17, 15) is 8.42 Å². The number of ether oxygens (including phenoxy) is 2. The molecule has 1 N–H and O–H groups in total. The van der Waals surface area contributed by atoms with Gasteiger partial charge >= 0.3 is 0 Å². The molecule has 0 fully saturated rings. The number of hydrogen-bond acceptors (Lipinski definition) is 4. The second-order valence-corrected chi connectivity index (χ2v) is 5.80. The molecule has 0 unspecified atom stereocenters. The lowest BCUT2D eigenvalue weighted by Gasteiger charge is -2.10. The van der Waals surface area contributed by atoms with Gasteiger partial charge in [0.2, 0.25) is 10.0 Å². The molecule has 0 amide bonds. The molecule has 0 aromatic heterocycles. The maximum Gasteiger partial charge on any atom is 0.240 e. The fourth-order valence-corrected chi connectivity index (χ4v) is 2.34. The van der Waals surface area contributed by atoms with E-state index >= 15 is 0 Å². The molecule has 6 heteroatoms. The summed E-state index contributed by atoms with van der Waals surface area (Å²) in [7, 11) is -1.94. The summed E-state index contributed by atoms with van der Waals surface area (Å²) in [6, 6.07) is 6.33. The Kier molecular flexibility index (Phi) is 5.58. The fraction of sp³-hybridized carbons (Fsp3) is 0.500. The van der Waals surface area contributed by atoms with Gasteiger partial charge < -0.3 is 9.47 Å². The average molecular weight is 273 g/mol. The minimum atomic E-state index is -3.46. The molecule has 0 radical (unpaired) electrons. The van der Waals surface area contributed by atoms with Crippen LogP contribution in [-0.4, -0.2) is 34.8 Å². The molecule has 0 aliphatic rings. The Morgan fingerprint density at radius 1 is 1.22 bits per heavy atom. The van der Waals surface area contributed by atoms with Crippen LogP contribution in [0.3, 0.4) is 0 Å². The molecular weight excluding hydrogens is 254 g/mol. The van der Waals surface area contributed by atoms with Crippen molar-refractivity contribution in [3.63, 3.8) is 0 Å². The van der Waals surface area contributed by atoms with E-state index in [0.717, 1.165) is 0 Å². The smallest absolute Gasteiger partial charge is 0.240 e. The Labute approximate surface area is 108 Å². The van der Waals surface area contributed by atoms with Gasteiger partial charge in [0, 0.05) is 13.7 Å². The number of methoxy groups -OCH3 is 1. The highest BCUT2D eigenvalue weighted by molar-refractivity contribution is 7.89. The van der Waals surface area contributed by atoms with Crippen molar-refractivity contribution in [2.24, 2.45) is 0 Å². The molecule has 1 aromatic rings. The van der Waals surface area contributed by atoms with E-state index in [1.54, 1.807) is 12.1 Å². The quantitative estimate of drug-likeness (QED) is 0.763. The second kappa shape index (κ2) is 6.72. The van der Waals surface area contributed by atoms with Crippen molar-refractivity contribution >= 4 is 10.0 Å². The molecule has 0 aliphatic carbocycles. The Morgan fingerprint density at radius 3 is 2.33 bits per heavy atom. The van der Waals surface area contributed by atoms with Gasteiger partial charge in [-0.05, 0) is 38.1 Å². The molecule has 0 atom stereocenters. The largest absolute Gasteiger partial charge is 0.491 e. The van der Waals surface area contributed by atoms with Gasteiger partial charge in [-0.1, -0.05) is 0 Å². The van der Waals surface area contributed by atoms with Crippen LogP contribution in [0.4, 0.5) is 0 Å². The van der Waals surface area contributed by atoms with Crippen molar-refractivity contribution in [1.82, 2.24) is 4.72 Å². The van der Waals surface area contributed by atoms with Crippen molar-refractivity contribution in [2.45, 2.75) is 24.8 Å². The van der Waals surface area contributed by atoms with Crippen LogP contribution in [-0.2, 0) is 14.8 Å². The molecule has 5 nitrogen and oxygen atoms in total. The fourth-order valence-electron chi connectivity index (χ4n) is 1.33. The van der Waals surface area contributed by atoms with Crippen LogP contribution >= 0.6 is 0 Å². The molecule has 0 heterocycles. The second-order valence-electron chi connectivity index (χ2n) is 4.03. The van der Waals surface area contributed by atoms with Crippen molar-refractivity contribution < 1.29 is 17.9 Å². The Bertz CT molecular complexity index is 453. The van der Waals surface area contributed by atoms with E-state index in [4.69, 9.17) is 9.47 Å². The van der Waals surface area contributed by atoms with Crippen molar-refractivity contribution in [2.75, 3.05) is 20.3 Å². The summed E-state index contributed by atoms with van der Waals surface area (Å²) >= 11 is 0. The van der Waals surface area contributed by atoms with Gasteiger partial charge in [0.15, 0.2) is 0 Å². The van der Waals surface area contributed by atoms with Gasteiger partial charge in [0.25, 0.3) is 0 Å². The lowest BCUT2D eigenvalue weighted by atomic mass is 10.3. The highest BCUT2D eigenvalue weighted by Crippen LogP contribution is 2.16. The zero-order chi connectivity index (χ0) is 13.6. The summed E-state index contributed by atoms with van der Waals surface area (Å²) < 4.78 is 36.3. The molecule has 0 spiro atoms. The summed E-state index contributed by atoms with van der Waals surface area (Å²) in [5.74, 6) is 0.654. The SMILES string of the molecule is COCCNS(=O)(=O)c1ccc(OC(C)C)cc1. The zero-order valence-corrected chi connectivity index (χ0v) is 11.7. The molecule has 1 aromatic carbocycles. The number of rotatable bonds is 7. The van der Waals surface area contributed by atoms with Crippen LogP contribution in [0.2, 0.25) is 0 Å². The van der Waals surface area contributed by atoms with E-state index in [1.807, 2.05) is 13.8 Å². The minimum absolute atomic E-state index is 0.0623. The lowest BCUT2D eigenvalue weighted by molar-refractivity contribution is 0.204. The standard InChI is InChI=1S/C12H19NO4S/c1-10(2)17-11-4-6-12(7-5-11)18(14,15)13-8-9-16-3/h4-7,10,13H,8-9H2,1-3H3. The van der Waals surface area contributed by atoms with Crippen molar-refractivity contribution in [3.05, 3.63) is 24.3 Å². The van der Waals surface area contributed by atoms with Gasteiger partial charge in [-0.25, -0.2) is 13.1 Å². The lowest BCUT2D eigenvalue weighted by Crippen LogP contribution is -2.27. The first-order valence-corrected chi connectivity index (χ1v) is 7.19. The van der Waals surface area contributed by atoms with Crippen molar-refractivity contribution in [1.29, 1.82) is 0 Å². The van der Waals surface area contributed by atoms with Gasteiger partial charge in [-0.15, -0.1) is 0 Å². The maximum absolute atomic E-state index is 11.8. The van der Waals surface area contributed by atoms with Gasteiger partial charge in [0.05, 0.1) is 17.6 Å². The van der Waals surface area contributed by atoms with Crippen LogP contribution in [0, 0.1) is 0 Å². The minimum Gasteiger partial charge on any atom is -0.491 e.